The third-order valence-electron chi connectivity index (χ3n) is 1.54. The summed E-state index contributed by atoms with van der Waals surface area (Å²) in [5.41, 5.74) is 1.68. The smallest absolute Gasteiger partial charge is 0.137 e. The van der Waals surface area contributed by atoms with Gasteiger partial charge in [-0.2, -0.15) is 10.2 Å². The van der Waals surface area contributed by atoms with E-state index < -0.39 is 0 Å². The molecule has 0 aromatic heterocycles. The molecule has 4 heteroatoms. The Morgan fingerprint density at radius 1 is 1.45 bits per heavy atom. The maximum absolute atomic E-state index is 12.9. The molecule has 0 aliphatic carbocycles. The molecule has 1 aliphatic heterocycles. The minimum Gasteiger partial charge on any atom is -0.206 e. The molecule has 0 radical (unpaired) electrons. The fourth-order valence-corrected chi connectivity index (χ4v) is 1.44. The summed E-state index contributed by atoms with van der Waals surface area (Å²) in [6.45, 7) is 0.517. The largest absolute Gasteiger partial charge is 0.206 e. The van der Waals surface area contributed by atoms with Crippen LogP contribution in [0.3, 0.4) is 0 Å². The van der Waals surface area contributed by atoms with Crippen LogP contribution in [0, 0.1) is 9.39 Å². The number of hydrogen-bond donors (Lipinski definition) is 0. The molecule has 56 valence electrons. The third-order valence-corrected chi connectivity index (χ3v) is 2.37. The predicted molar refractivity (Wildman–Crippen MR) is 47.3 cm³/mol. The van der Waals surface area contributed by atoms with Crippen molar-refractivity contribution in [1.29, 1.82) is 0 Å². The number of nitrogens with zero attached hydrogens (tertiary/aromatic N) is 2. The van der Waals surface area contributed by atoms with Crippen LogP contribution in [-0.4, -0.2) is 0 Å². The van der Waals surface area contributed by atoms with Crippen LogP contribution in [0.2, 0.25) is 0 Å². The number of benzene rings is 1. The Morgan fingerprint density at radius 3 is 3.09 bits per heavy atom. The maximum Gasteiger partial charge on any atom is 0.137 e. The van der Waals surface area contributed by atoms with Gasteiger partial charge in [0.15, 0.2) is 0 Å². The molecular weight excluding hydrogens is 258 g/mol. The van der Waals surface area contributed by atoms with E-state index >= 15 is 0 Å². The Morgan fingerprint density at radius 2 is 2.27 bits per heavy atom. The van der Waals surface area contributed by atoms with Crippen LogP contribution in [-0.2, 0) is 6.54 Å². The average Bonchev–Trinajstić information content (AvgIpc) is 2.36. The fourth-order valence-electron chi connectivity index (χ4n) is 0.985. The summed E-state index contributed by atoms with van der Waals surface area (Å²) >= 11 is 1.94. The standard InChI is InChI=1S/C7H4FIN2/c8-5-1-4-3-10-11-7(4)2-6(5)9/h1-2H,3H2. The van der Waals surface area contributed by atoms with Crippen molar-refractivity contribution >= 4 is 28.3 Å². The quantitative estimate of drug-likeness (QED) is 0.642. The van der Waals surface area contributed by atoms with Gasteiger partial charge in [0.05, 0.1) is 15.8 Å². The van der Waals surface area contributed by atoms with E-state index in [-0.39, 0.29) is 5.82 Å². The highest BCUT2D eigenvalue weighted by molar-refractivity contribution is 14.1. The van der Waals surface area contributed by atoms with Gasteiger partial charge in [-0.25, -0.2) is 4.39 Å². The van der Waals surface area contributed by atoms with E-state index in [0.717, 1.165) is 11.3 Å². The topological polar surface area (TPSA) is 24.7 Å². The Kier molecular flexibility index (Phi) is 1.63. The molecule has 1 aromatic rings. The SMILES string of the molecule is Fc1cc2c(cc1I)N=NC2. The van der Waals surface area contributed by atoms with Crippen molar-refractivity contribution in [3.63, 3.8) is 0 Å². The average molecular weight is 262 g/mol. The summed E-state index contributed by atoms with van der Waals surface area (Å²) in [6, 6.07) is 3.21. The Bertz CT molecular complexity index is 335. The monoisotopic (exact) mass is 262 g/mol. The zero-order valence-electron chi connectivity index (χ0n) is 5.51. The van der Waals surface area contributed by atoms with Crippen molar-refractivity contribution in [2.24, 2.45) is 10.2 Å². The Hall–Kier alpha value is -0.520. The van der Waals surface area contributed by atoms with E-state index in [1.807, 2.05) is 22.6 Å². The first kappa shape index (κ1) is 7.15. The Balaban J connectivity index is 2.63. The molecule has 1 aromatic carbocycles. The van der Waals surface area contributed by atoms with Gasteiger partial charge in [-0.3, -0.25) is 0 Å². The maximum atomic E-state index is 12.9. The van der Waals surface area contributed by atoms with Crippen LogP contribution < -0.4 is 0 Å². The van der Waals surface area contributed by atoms with Gasteiger partial charge in [0.1, 0.15) is 5.82 Å². The van der Waals surface area contributed by atoms with E-state index in [1.165, 1.54) is 6.07 Å². The molecule has 1 heterocycles. The molecule has 2 rings (SSSR count). The molecule has 0 unspecified atom stereocenters. The second kappa shape index (κ2) is 2.51. The normalized spacial score (nSPS) is 13.6. The van der Waals surface area contributed by atoms with E-state index in [2.05, 4.69) is 10.2 Å². The van der Waals surface area contributed by atoms with E-state index in [9.17, 15) is 4.39 Å². The molecule has 0 bridgehead atoms. The molecule has 0 spiro atoms. The highest BCUT2D eigenvalue weighted by atomic mass is 127. The molecule has 0 fully saturated rings. The zero-order valence-corrected chi connectivity index (χ0v) is 7.67. The molecule has 0 amide bonds. The highest BCUT2D eigenvalue weighted by Crippen LogP contribution is 2.29. The highest BCUT2D eigenvalue weighted by Gasteiger charge is 2.10. The van der Waals surface area contributed by atoms with Crippen molar-refractivity contribution < 1.29 is 4.39 Å². The number of hydrogen-bond acceptors (Lipinski definition) is 2. The van der Waals surface area contributed by atoms with Gasteiger partial charge < -0.3 is 0 Å². The molecule has 0 saturated heterocycles. The van der Waals surface area contributed by atoms with Crippen molar-refractivity contribution in [3.8, 4) is 0 Å². The second-order valence-corrected chi connectivity index (χ2v) is 3.46. The minimum atomic E-state index is -0.184. The van der Waals surface area contributed by atoms with Crippen molar-refractivity contribution in [2.75, 3.05) is 0 Å². The molecule has 0 saturated carbocycles. The molecule has 2 nitrogen and oxygen atoms in total. The van der Waals surface area contributed by atoms with Gasteiger partial charge in [-0.15, -0.1) is 0 Å². The zero-order chi connectivity index (χ0) is 7.84. The van der Waals surface area contributed by atoms with E-state index in [4.69, 9.17) is 0 Å². The number of azo groups is 1. The lowest BCUT2D eigenvalue weighted by atomic mass is 10.2. The van der Waals surface area contributed by atoms with E-state index in [0.29, 0.717) is 10.1 Å². The van der Waals surface area contributed by atoms with Crippen molar-refractivity contribution in [1.82, 2.24) is 0 Å². The van der Waals surface area contributed by atoms with Crippen LogP contribution in [0.5, 0.6) is 0 Å². The van der Waals surface area contributed by atoms with Gasteiger partial charge >= 0.3 is 0 Å². The lowest BCUT2D eigenvalue weighted by Gasteiger charge is -1.96. The summed E-state index contributed by atoms with van der Waals surface area (Å²) < 4.78 is 13.5. The fraction of sp³-hybridized carbons (Fsp3) is 0.143. The summed E-state index contributed by atoms with van der Waals surface area (Å²) in [5.74, 6) is -0.184. The van der Waals surface area contributed by atoms with Gasteiger partial charge in [-0.1, -0.05) is 0 Å². The van der Waals surface area contributed by atoms with E-state index in [1.54, 1.807) is 6.07 Å². The lowest BCUT2D eigenvalue weighted by molar-refractivity contribution is 0.619. The first-order valence-corrected chi connectivity index (χ1v) is 4.20. The van der Waals surface area contributed by atoms with Gasteiger partial charge in [0, 0.05) is 5.56 Å². The summed E-state index contributed by atoms with van der Waals surface area (Å²) in [6.07, 6.45) is 0. The van der Waals surface area contributed by atoms with Crippen LogP contribution in [0.15, 0.2) is 22.4 Å². The lowest BCUT2D eigenvalue weighted by Crippen LogP contribution is -1.84. The first-order valence-electron chi connectivity index (χ1n) is 3.13. The van der Waals surface area contributed by atoms with Crippen LogP contribution in [0.25, 0.3) is 0 Å². The number of fused-ring (bicyclic) bond motifs is 1. The summed E-state index contributed by atoms with van der Waals surface area (Å²) in [5, 5.41) is 7.64. The van der Waals surface area contributed by atoms with Crippen molar-refractivity contribution in [2.45, 2.75) is 6.54 Å². The molecule has 0 N–H and O–H groups in total. The second-order valence-electron chi connectivity index (χ2n) is 2.29. The molecule has 11 heavy (non-hydrogen) atoms. The van der Waals surface area contributed by atoms with Gasteiger partial charge in [-0.05, 0) is 34.7 Å². The van der Waals surface area contributed by atoms with Crippen LogP contribution in [0.1, 0.15) is 5.56 Å². The molecule has 1 aliphatic rings. The van der Waals surface area contributed by atoms with Gasteiger partial charge in [0.25, 0.3) is 0 Å². The predicted octanol–water partition coefficient (Wildman–Crippen LogP) is 3.03. The third kappa shape index (κ3) is 1.15. The number of rotatable bonds is 0. The minimum absolute atomic E-state index is 0.184. The number of halogens is 2. The van der Waals surface area contributed by atoms with Crippen LogP contribution >= 0.6 is 22.6 Å². The van der Waals surface area contributed by atoms with Crippen molar-refractivity contribution in [3.05, 3.63) is 27.1 Å². The van der Waals surface area contributed by atoms with Gasteiger partial charge in [0.2, 0.25) is 0 Å². The molecule has 0 atom stereocenters. The first-order chi connectivity index (χ1) is 5.27. The molecular formula is C7H4FIN2. The Labute approximate surface area is 76.7 Å². The summed E-state index contributed by atoms with van der Waals surface area (Å²) in [4.78, 5) is 0. The van der Waals surface area contributed by atoms with Crippen LogP contribution in [0.4, 0.5) is 10.1 Å². The summed E-state index contributed by atoms with van der Waals surface area (Å²) in [7, 11) is 0.